The van der Waals surface area contributed by atoms with Crippen LogP contribution >= 0.6 is 0 Å². The van der Waals surface area contributed by atoms with Crippen LogP contribution in [0, 0.1) is 13.8 Å². The van der Waals surface area contributed by atoms with Crippen molar-refractivity contribution < 1.29 is 9.59 Å². The van der Waals surface area contributed by atoms with Crippen LogP contribution in [0.1, 0.15) is 32.9 Å². The lowest BCUT2D eigenvalue weighted by Gasteiger charge is -2.35. The van der Waals surface area contributed by atoms with E-state index in [0.717, 1.165) is 28.0 Å². The van der Waals surface area contributed by atoms with Gasteiger partial charge in [0.15, 0.2) is 0 Å². The third-order valence-corrected chi connectivity index (χ3v) is 5.16. The van der Waals surface area contributed by atoms with E-state index >= 15 is 0 Å². The molecule has 3 aromatic rings. The lowest BCUT2D eigenvalue weighted by molar-refractivity contribution is -0.122. The minimum Gasteiger partial charge on any atom is -0.368 e. The lowest BCUT2D eigenvalue weighted by Crippen LogP contribution is -2.51. The summed E-state index contributed by atoms with van der Waals surface area (Å²) >= 11 is 0. The molecule has 0 fully saturated rings. The second kappa shape index (κ2) is 6.46. The van der Waals surface area contributed by atoms with E-state index < -0.39 is 11.9 Å². The molecule has 6 heteroatoms. The van der Waals surface area contributed by atoms with Gasteiger partial charge in [0.05, 0.1) is 22.4 Å². The van der Waals surface area contributed by atoms with Gasteiger partial charge in [-0.1, -0.05) is 24.3 Å². The molecule has 0 saturated carbocycles. The monoisotopic (exact) mass is 360 g/mol. The summed E-state index contributed by atoms with van der Waals surface area (Å²) in [5.41, 5.74) is 11.3. The second-order valence-electron chi connectivity index (χ2n) is 6.92. The van der Waals surface area contributed by atoms with E-state index in [4.69, 9.17) is 5.73 Å². The molecule has 0 unspecified atom stereocenters. The Hall–Kier alpha value is -3.28. The predicted octanol–water partition coefficient (Wildman–Crippen LogP) is 2.30. The number of primary amides is 1. The van der Waals surface area contributed by atoms with Crippen LogP contribution in [0.15, 0.2) is 42.5 Å². The Balaban J connectivity index is 1.73. The zero-order chi connectivity index (χ0) is 19.1. The molecule has 2 N–H and O–H groups in total. The molecular weight excluding hydrogens is 340 g/mol. The zero-order valence-corrected chi connectivity index (χ0v) is 15.3. The lowest BCUT2D eigenvalue weighted by atomic mass is 9.93. The van der Waals surface area contributed by atoms with E-state index in [9.17, 15) is 9.59 Å². The van der Waals surface area contributed by atoms with Crippen molar-refractivity contribution in [2.75, 3.05) is 0 Å². The van der Waals surface area contributed by atoms with Gasteiger partial charge in [-0.2, -0.15) is 0 Å². The molecule has 2 aromatic carbocycles. The number of aryl methyl sites for hydroxylation is 2. The maximum absolute atomic E-state index is 13.2. The molecule has 6 nitrogen and oxygen atoms in total. The van der Waals surface area contributed by atoms with Gasteiger partial charge in [-0.05, 0) is 43.2 Å². The van der Waals surface area contributed by atoms with E-state index in [0.29, 0.717) is 24.0 Å². The van der Waals surface area contributed by atoms with Crippen LogP contribution in [0.3, 0.4) is 0 Å². The van der Waals surface area contributed by atoms with Crippen LogP contribution in [0.2, 0.25) is 0 Å². The number of benzene rings is 2. The van der Waals surface area contributed by atoms with Crippen LogP contribution in [-0.2, 0) is 17.8 Å². The van der Waals surface area contributed by atoms with Gasteiger partial charge in [0.25, 0.3) is 5.91 Å². The molecule has 0 radical (unpaired) electrons. The van der Waals surface area contributed by atoms with Crippen LogP contribution in [0.25, 0.3) is 11.0 Å². The Labute approximate surface area is 157 Å². The fourth-order valence-corrected chi connectivity index (χ4v) is 3.52. The summed E-state index contributed by atoms with van der Waals surface area (Å²) in [6.07, 6.45) is 0.433. The largest absolute Gasteiger partial charge is 0.368 e. The quantitative estimate of drug-likeness (QED) is 0.759. The zero-order valence-electron chi connectivity index (χ0n) is 15.3. The van der Waals surface area contributed by atoms with Gasteiger partial charge in [0.1, 0.15) is 6.04 Å². The fraction of sp³-hybridized carbons (Fsp3) is 0.238. The normalized spacial score (nSPS) is 16.2. The average Bonchev–Trinajstić information content (AvgIpc) is 2.67. The van der Waals surface area contributed by atoms with Crippen molar-refractivity contribution in [3.05, 3.63) is 70.5 Å². The molecule has 1 aromatic heterocycles. The van der Waals surface area contributed by atoms with Crippen molar-refractivity contribution in [2.45, 2.75) is 32.9 Å². The van der Waals surface area contributed by atoms with Crippen LogP contribution in [0.5, 0.6) is 0 Å². The summed E-state index contributed by atoms with van der Waals surface area (Å²) < 4.78 is 0. The Morgan fingerprint density at radius 3 is 2.37 bits per heavy atom. The highest BCUT2D eigenvalue weighted by Crippen LogP contribution is 2.25. The van der Waals surface area contributed by atoms with Gasteiger partial charge in [-0.15, -0.1) is 0 Å². The van der Waals surface area contributed by atoms with Gasteiger partial charge in [0.2, 0.25) is 5.91 Å². The van der Waals surface area contributed by atoms with E-state index in [1.165, 1.54) is 0 Å². The molecule has 0 spiro atoms. The number of hydrogen-bond acceptors (Lipinski definition) is 4. The van der Waals surface area contributed by atoms with Crippen molar-refractivity contribution in [2.24, 2.45) is 5.73 Å². The number of aromatic nitrogens is 2. The van der Waals surface area contributed by atoms with Crippen LogP contribution in [-0.4, -0.2) is 32.7 Å². The Morgan fingerprint density at radius 1 is 1.00 bits per heavy atom. The predicted molar refractivity (Wildman–Crippen MR) is 102 cm³/mol. The number of nitrogens with two attached hydrogens (primary N) is 1. The highest BCUT2D eigenvalue weighted by Gasteiger charge is 2.33. The number of amides is 2. The van der Waals surface area contributed by atoms with Crippen molar-refractivity contribution in [1.29, 1.82) is 0 Å². The molecule has 1 aliphatic rings. The standard InChI is InChI=1S/C21H20N4O2/c1-12-13(2)24-18-9-15(7-8-17(18)23-12)21(27)25-11-16-6-4-3-5-14(16)10-19(25)20(22)26/h3-9,19H,10-11H2,1-2H3,(H2,22,26)/t19-/m0/s1. The molecule has 0 saturated heterocycles. The smallest absolute Gasteiger partial charge is 0.254 e. The maximum atomic E-state index is 13.2. The topological polar surface area (TPSA) is 89.2 Å². The minimum absolute atomic E-state index is 0.227. The van der Waals surface area contributed by atoms with Gasteiger partial charge in [-0.25, -0.2) is 9.97 Å². The van der Waals surface area contributed by atoms with E-state index in [2.05, 4.69) is 9.97 Å². The minimum atomic E-state index is -0.658. The average molecular weight is 360 g/mol. The number of rotatable bonds is 2. The van der Waals surface area contributed by atoms with Gasteiger partial charge in [0, 0.05) is 18.5 Å². The summed E-state index contributed by atoms with van der Waals surface area (Å²) in [6.45, 7) is 4.16. The SMILES string of the molecule is Cc1nc2ccc(C(=O)N3Cc4ccccc4C[C@H]3C(N)=O)cc2nc1C. The Kier molecular flexibility index (Phi) is 4.11. The summed E-state index contributed by atoms with van der Waals surface area (Å²) in [5, 5.41) is 0. The molecule has 0 bridgehead atoms. The first-order chi connectivity index (χ1) is 12.9. The highest BCUT2D eigenvalue weighted by molar-refractivity contribution is 6.00. The number of hydrogen-bond donors (Lipinski definition) is 1. The van der Waals surface area contributed by atoms with E-state index in [-0.39, 0.29) is 5.91 Å². The first-order valence-electron chi connectivity index (χ1n) is 8.86. The molecule has 0 aliphatic carbocycles. The second-order valence-corrected chi connectivity index (χ2v) is 6.92. The maximum Gasteiger partial charge on any atom is 0.254 e. The third-order valence-electron chi connectivity index (χ3n) is 5.16. The molecule has 2 heterocycles. The highest BCUT2D eigenvalue weighted by atomic mass is 16.2. The molecular formula is C21H20N4O2. The van der Waals surface area contributed by atoms with E-state index in [1.54, 1.807) is 23.1 Å². The number of nitrogens with zero attached hydrogens (tertiary/aromatic N) is 3. The molecule has 136 valence electrons. The van der Waals surface area contributed by atoms with Gasteiger partial charge >= 0.3 is 0 Å². The number of carbonyl (C=O) groups is 2. The van der Waals surface area contributed by atoms with E-state index in [1.807, 2.05) is 38.1 Å². The third kappa shape index (κ3) is 3.03. The van der Waals surface area contributed by atoms with Crippen molar-refractivity contribution >= 4 is 22.8 Å². The first-order valence-corrected chi connectivity index (χ1v) is 8.86. The molecule has 2 amide bonds. The molecule has 1 atom stereocenters. The molecule has 1 aliphatic heterocycles. The number of fused-ring (bicyclic) bond motifs is 2. The van der Waals surface area contributed by atoms with Crippen LogP contribution in [0.4, 0.5) is 0 Å². The Morgan fingerprint density at radius 2 is 1.67 bits per heavy atom. The summed E-state index contributed by atoms with van der Waals surface area (Å²) in [4.78, 5) is 35.8. The van der Waals surface area contributed by atoms with Crippen LogP contribution < -0.4 is 5.73 Å². The van der Waals surface area contributed by atoms with Crippen molar-refractivity contribution in [1.82, 2.24) is 14.9 Å². The first kappa shape index (κ1) is 17.1. The Bertz CT molecular complexity index is 1080. The molecule has 4 rings (SSSR count). The number of carbonyl (C=O) groups excluding carboxylic acids is 2. The fourth-order valence-electron chi connectivity index (χ4n) is 3.52. The summed E-state index contributed by atoms with van der Waals surface area (Å²) in [7, 11) is 0. The summed E-state index contributed by atoms with van der Waals surface area (Å²) in [6, 6.07) is 12.4. The molecule has 27 heavy (non-hydrogen) atoms. The summed E-state index contributed by atoms with van der Waals surface area (Å²) in [5.74, 6) is -0.722. The van der Waals surface area contributed by atoms with Crippen molar-refractivity contribution in [3.8, 4) is 0 Å². The van der Waals surface area contributed by atoms with Gasteiger partial charge < -0.3 is 10.6 Å². The van der Waals surface area contributed by atoms with Crippen molar-refractivity contribution in [3.63, 3.8) is 0 Å². The van der Waals surface area contributed by atoms with Gasteiger partial charge in [-0.3, -0.25) is 9.59 Å².